The SMILES string of the molecule is CCOc1ccc(/C=C/C(=O)c2ccccc2OC)cc1. The van der Waals surface area contributed by atoms with Crippen LogP contribution in [0.3, 0.4) is 0 Å². The summed E-state index contributed by atoms with van der Waals surface area (Å²) in [6, 6.07) is 14.8. The molecule has 21 heavy (non-hydrogen) atoms. The third-order valence-electron chi connectivity index (χ3n) is 2.99. The molecule has 0 fully saturated rings. The van der Waals surface area contributed by atoms with Gasteiger partial charge in [0.25, 0.3) is 0 Å². The Labute approximate surface area is 124 Å². The maximum absolute atomic E-state index is 12.2. The molecular formula is C18H18O3. The van der Waals surface area contributed by atoms with Gasteiger partial charge < -0.3 is 9.47 Å². The van der Waals surface area contributed by atoms with Gasteiger partial charge in [-0.15, -0.1) is 0 Å². The lowest BCUT2D eigenvalue weighted by atomic mass is 10.1. The van der Waals surface area contributed by atoms with E-state index in [0.29, 0.717) is 17.9 Å². The zero-order chi connectivity index (χ0) is 15.1. The zero-order valence-electron chi connectivity index (χ0n) is 12.2. The van der Waals surface area contributed by atoms with Crippen LogP contribution in [0.15, 0.2) is 54.6 Å². The van der Waals surface area contributed by atoms with Gasteiger partial charge >= 0.3 is 0 Å². The van der Waals surface area contributed by atoms with E-state index in [1.54, 1.807) is 31.4 Å². The highest BCUT2D eigenvalue weighted by molar-refractivity contribution is 6.08. The summed E-state index contributed by atoms with van der Waals surface area (Å²) in [6.07, 6.45) is 3.33. The maximum Gasteiger partial charge on any atom is 0.189 e. The first-order chi connectivity index (χ1) is 10.2. The third kappa shape index (κ3) is 3.96. The predicted octanol–water partition coefficient (Wildman–Crippen LogP) is 3.99. The number of ketones is 1. The minimum Gasteiger partial charge on any atom is -0.496 e. The van der Waals surface area contributed by atoms with Crippen molar-refractivity contribution in [3.63, 3.8) is 0 Å². The fraction of sp³-hybridized carbons (Fsp3) is 0.167. The Morgan fingerprint density at radius 3 is 2.48 bits per heavy atom. The summed E-state index contributed by atoms with van der Waals surface area (Å²) in [5, 5.41) is 0. The number of benzene rings is 2. The lowest BCUT2D eigenvalue weighted by Gasteiger charge is -2.04. The molecule has 0 spiro atoms. The highest BCUT2D eigenvalue weighted by Gasteiger charge is 2.07. The summed E-state index contributed by atoms with van der Waals surface area (Å²) in [4.78, 5) is 12.2. The number of allylic oxidation sites excluding steroid dienone is 1. The molecule has 2 aromatic rings. The van der Waals surface area contributed by atoms with E-state index in [1.807, 2.05) is 43.3 Å². The summed E-state index contributed by atoms with van der Waals surface area (Å²) in [5.41, 5.74) is 1.50. The predicted molar refractivity (Wildman–Crippen MR) is 84.0 cm³/mol. The van der Waals surface area contributed by atoms with Gasteiger partial charge in [-0.25, -0.2) is 0 Å². The van der Waals surface area contributed by atoms with Crippen molar-refractivity contribution in [1.29, 1.82) is 0 Å². The molecule has 0 aliphatic heterocycles. The topological polar surface area (TPSA) is 35.5 Å². The molecule has 2 rings (SSSR count). The highest BCUT2D eigenvalue weighted by Crippen LogP contribution is 2.19. The first kappa shape index (κ1) is 14.9. The molecule has 0 saturated heterocycles. The van der Waals surface area contributed by atoms with Crippen molar-refractivity contribution >= 4 is 11.9 Å². The number of hydrogen-bond donors (Lipinski definition) is 0. The van der Waals surface area contributed by atoms with Crippen molar-refractivity contribution in [3.8, 4) is 11.5 Å². The van der Waals surface area contributed by atoms with Crippen LogP contribution >= 0.6 is 0 Å². The van der Waals surface area contributed by atoms with Crippen molar-refractivity contribution in [3.05, 3.63) is 65.7 Å². The average molecular weight is 282 g/mol. The molecule has 3 nitrogen and oxygen atoms in total. The fourth-order valence-electron chi connectivity index (χ4n) is 1.95. The van der Waals surface area contributed by atoms with Crippen LogP contribution < -0.4 is 9.47 Å². The number of hydrogen-bond acceptors (Lipinski definition) is 3. The second-order valence-electron chi connectivity index (χ2n) is 4.40. The van der Waals surface area contributed by atoms with Crippen LogP contribution in [0, 0.1) is 0 Å². The summed E-state index contributed by atoms with van der Waals surface area (Å²) < 4.78 is 10.6. The van der Waals surface area contributed by atoms with Crippen molar-refractivity contribution in [1.82, 2.24) is 0 Å². The lowest BCUT2D eigenvalue weighted by molar-refractivity contribution is 0.104. The van der Waals surface area contributed by atoms with Crippen molar-refractivity contribution in [2.75, 3.05) is 13.7 Å². The maximum atomic E-state index is 12.2. The molecule has 0 unspecified atom stereocenters. The Morgan fingerprint density at radius 2 is 1.81 bits per heavy atom. The molecule has 0 bridgehead atoms. The van der Waals surface area contributed by atoms with Crippen LogP contribution in [-0.2, 0) is 0 Å². The monoisotopic (exact) mass is 282 g/mol. The quantitative estimate of drug-likeness (QED) is 0.593. The number of rotatable bonds is 6. The molecule has 0 aliphatic carbocycles. The minimum atomic E-state index is -0.0821. The Morgan fingerprint density at radius 1 is 1.10 bits per heavy atom. The van der Waals surface area contributed by atoms with Crippen molar-refractivity contribution in [2.24, 2.45) is 0 Å². The van der Waals surface area contributed by atoms with Crippen LogP contribution in [0.1, 0.15) is 22.8 Å². The number of para-hydroxylation sites is 1. The van der Waals surface area contributed by atoms with Crippen LogP contribution in [0.25, 0.3) is 6.08 Å². The van der Waals surface area contributed by atoms with Gasteiger partial charge in [-0.05, 0) is 42.8 Å². The van der Waals surface area contributed by atoms with Gasteiger partial charge in [0.1, 0.15) is 11.5 Å². The van der Waals surface area contributed by atoms with E-state index < -0.39 is 0 Å². The zero-order valence-corrected chi connectivity index (χ0v) is 12.2. The van der Waals surface area contributed by atoms with E-state index in [-0.39, 0.29) is 5.78 Å². The highest BCUT2D eigenvalue weighted by atomic mass is 16.5. The van der Waals surface area contributed by atoms with Crippen molar-refractivity contribution in [2.45, 2.75) is 6.92 Å². The summed E-state index contributed by atoms with van der Waals surface area (Å²) in [5.74, 6) is 1.32. The molecule has 108 valence electrons. The van der Waals surface area contributed by atoms with E-state index in [9.17, 15) is 4.79 Å². The Kier molecular flexibility index (Phi) is 5.16. The standard InChI is InChI=1S/C18H18O3/c1-3-21-15-11-8-14(9-12-15)10-13-17(19)16-6-4-5-7-18(16)20-2/h4-13H,3H2,1-2H3/b13-10+. The van der Waals surface area contributed by atoms with Crippen molar-refractivity contribution < 1.29 is 14.3 Å². The molecule has 0 atom stereocenters. The van der Waals surface area contributed by atoms with E-state index in [0.717, 1.165) is 11.3 Å². The van der Waals surface area contributed by atoms with Gasteiger partial charge in [-0.1, -0.05) is 30.3 Å². The van der Waals surface area contributed by atoms with Gasteiger partial charge in [0.05, 0.1) is 19.3 Å². The smallest absolute Gasteiger partial charge is 0.189 e. The summed E-state index contributed by atoms with van der Waals surface area (Å²) >= 11 is 0. The van der Waals surface area contributed by atoms with E-state index in [4.69, 9.17) is 9.47 Å². The molecule has 0 aliphatic rings. The van der Waals surface area contributed by atoms with Gasteiger partial charge in [0.15, 0.2) is 5.78 Å². The van der Waals surface area contributed by atoms with Crippen LogP contribution in [0.4, 0.5) is 0 Å². The van der Waals surface area contributed by atoms with Gasteiger partial charge in [-0.2, -0.15) is 0 Å². The number of carbonyl (C=O) groups is 1. The largest absolute Gasteiger partial charge is 0.496 e. The normalized spacial score (nSPS) is 10.6. The molecule has 0 N–H and O–H groups in total. The summed E-state index contributed by atoms with van der Waals surface area (Å²) in [6.45, 7) is 2.58. The lowest BCUT2D eigenvalue weighted by Crippen LogP contribution is -1.98. The first-order valence-corrected chi connectivity index (χ1v) is 6.83. The van der Waals surface area contributed by atoms with Gasteiger partial charge in [-0.3, -0.25) is 4.79 Å². The molecule has 0 radical (unpaired) electrons. The fourth-order valence-corrected chi connectivity index (χ4v) is 1.95. The molecule has 0 amide bonds. The molecular weight excluding hydrogens is 264 g/mol. The number of carbonyl (C=O) groups excluding carboxylic acids is 1. The van der Waals surface area contributed by atoms with Crippen LogP contribution in [0.2, 0.25) is 0 Å². The Balaban J connectivity index is 2.11. The van der Waals surface area contributed by atoms with E-state index >= 15 is 0 Å². The van der Waals surface area contributed by atoms with Crippen LogP contribution in [-0.4, -0.2) is 19.5 Å². The first-order valence-electron chi connectivity index (χ1n) is 6.83. The minimum absolute atomic E-state index is 0.0821. The molecule has 2 aromatic carbocycles. The second kappa shape index (κ2) is 7.29. The van der Waals surface area contributed by atoms with Gasteiger partial charge in [0, 0.05) is 0 Å². The molecule has 3 heteroatoms. The molecule has 0 aromatic heterocycles. The van der Waals surface area contributed by atoms with E-state index in [2.05, 4.69) is 0 Å². The summed E-state index contributed by atoms with van der Waals surface area (Å²) in [7, 11) is 1.56. The number of ether oxygens (including phenoxy) is 2. The Bertz CT molecular complexity index is 627. The second-order valence-corrected chi connectivity index (χ2v) is 4.40. The molecule has 0 saturated carbocycles. The van der Waals surface area contributed by atoms with E-state index in [1.165, 1.54) is 0 Å². The molecule has 0 heterocycles. The van der Waals surface area contributed by atoms with Crippen LogP contribution in [0.5, 0.6) is 11.5 Å². The van der Waals surface area contributed by atoms with Gasteiger partial charge in [0.2, 0.25) is 0 Å². The third-order valence-corrected chi connectivity index (χ3v) is 2.99. The number of methoxy groups -OCH3 is 1. The Hall–Kier alpha value is -2.55. The average Bonchev–Trinajstić information content (AvgIpc) is 2.54.